The number of nitrogens with two attached hydrogens (primary N) is 1. The quantitative estimate of drug-likeness (QED) is 0.347. The molecule has 2 aromatic rings. The van der Waals surface area contributed by atoms with E-state index in [2.05, 4.69) is 44.0 Å². The Bertz CT molecular complexity index is 1500. The number of rotatable bonds is 5. The van der Waals surface area contributed by atoms with E-state index in [1.54, 1.807) is 0 Å². The van der Waals surface area contributed by atoms with Gasteiger partial charge in [-0.3, -0.25) is 4.79 Å². The molecule has 1 heterocycles. The second kappa shape index (κ2) is 9.64. The zero-order valence-corrected chi connectivity index (χ0v) is 24.3. The predicted octanol–water partition coefficient (Wildman–Crippen LogP) is 5.60. The molecule has 9 atom stereocenters. The van der Waals surface area contributed by atoms with Crippen molar-refractivity contribution in [2.45, 2.75) is 63.6 Å². The molecule has 42 heavy (non-hydrogen) atoms. The molecule has 7 heteroatoms. The predicted molar refractivity (Wildman–Crippen MR) is 162 cm³/mol. The Balaban J connectivity index is 1.18. The van der Waals surface area contributed by atoms with Crippen LogP contribution in [0.2, 0.25) is 0 Å². The smallest absolute Gasteiger partial charge is 0.193 e. The van der Waals surface area contributed by atoms with Gasteiger partial charge in [-0.2, -0.15) is 0 Å². The number of aliphatic hydroxyl groups excluding tert-OH is 2. The zero-order valence-electron chi connectivity index (χ0n) is 24.3. The van der Waals surface area contributed by atoms with E-state index in [0.29, 0.717) is 18.5 Å². The third kappa shape index (κ3) is 3.83. The van der Waals surface area contributed by atoms with Crippen LogP contribution in [0, 0.1) is 28.6 Å². The van der Waals surface area contributed by atoms with E-state index < -0.39 is 36.1 Å². The Morgan fingerprint density at radius 3 is 2.69 bits per heavy atom. The minimum Gasteiger partial charge on any atom is -0.399 e. The van der Waals surface area contributed by atoms with Gasteiger partial charge in [-0.1, -0.05) is 62.4 Å². The monoisotopic (exact) mass is 568 g/mol. The Morgan fingerprint density at radius 2 is 1.95 bits per heavy atom. The van der Waals surface area contributed by atoms with Crippen molar-refractivity contribution in [1.82, 2.24) is 0 Å². The summed E-state index contributed by atoms with van der Waals surface area (Å²) in [4.78, 5) is 13.7. The fourth-order valence-electron chi connectivity index (χ4n) is 9.42. The minimum atomic E-state index is -1.32. The van der Waals surface area contributed by atoms with Crippen LogP contribution in [0.5, 0.6) is 0 Å². The lowest BCUT2D eigenvalue weighted by atomic mass is 9.46. The molecular weight excluding hydrogens is 528 g/mol. The maximum atomic E-state index is 13.7. The number of hydrogen-bond donors (Lipinski definition) is 4. The number of benzene rings is 2. The SMILES string of the molecule is C=C1C=C[C@@]2(C)C(=C1)CC[C@@H]1[C@@H]2[C@@H](O)C[C@@]2(C)[C@H]1C[C@H]1O[C@@H](c3ccc(Nc4cccc(N)c4)cc3)O[C@]12C(=O)CO. The summed E-state index contributed by atoms with van der Waals surface area (Å²) in [5.41, 5.74) is 9.25. The van der Waals surface area contributed by atoms with Crippen LogP contribution in [-0.4, -0.2) is 40.4 Å². The summed E-state index contributed by atoms with van der Waals surface area (Å²) >= 11 is 0. The lowest BCUT2D eigenvalue weighted by molar-refractivity contribution is -0.201. The zero-order chi connectivity index (χ0) is 29.4. The minimum absolute atomic E-state index is 0.0378. The van der Waals surface area contributed by atoms with Crippen LogP contribution in [-0.2, 0) is 14.3 Å². The van der Waals surface area contributed by atoms with E-state index in [0.717, 1.165) is 35.4 Å². The molecule has 1 aliphatic heterocycles. The molecule has 2 aromatic carbocycles. The van der Waals surface area contributed by atoms with Gasteiger partial charge in [0.05, 0.1) is 12.2 Å². The van der Waals surface area contributed by atoms with Crippen molar-refractivity contribution < 1.29 is 24.5 Å². The number of nitrogen functional groups attached to an aromatic ring is 1. The number of anilines is 3. The van der Waals surface area contributed by atoms with Crippen LogP contribution in [0.3, 0.4) is 0 Å². The van der Waals surface area contributed by atoms with E-state index in [9.17, 15) is 15.0 Å². The van der Waals surface area contributed by atoms with E-state index in [-0.39, 0.29) is 29.0 Å². The summed E-state index contributed by atoms with van der Waals surface area (Å²) in [7, 11) is 0. The number of fused-ring (bicyclic) bond motifs is 7. The van der Waals surface area contributed by atoms with Crippen LogP contribution in [0.4, 0.5) is 17.1 Å². The number of carbonyl (C=O) groups excluding carboxylic acids is 1. The molecule has 0 unspecified atom stereocenters. The molecule has 1 saturated heterocycles. The first-order valence-electron chi connectivity index (χ1n) is 15.1. The van der Waals surface area contributed by atoms with Gasteiger partial charge >= 0.3 is 0 Å². The van der Waals surface area contributed by atoms with Gasteiger partial charge in [0.2, 0.25) is 0 Å². The topological polar surface area (TPSA) is 114 Å². The third-order valence-corrected chi connectivity index (χ3v) is 11.2. The molecule has 7 nitrogen and oxygen atoms in total. The largest absolute Gasteiger partial charge is 0.399 e. The number of ether oxygens (including phenoxy) is 2. The fourth-order valence-corrected chi connectivity index (χ4v) is 9.42. The molecule has 0 aromatic heterocycles. The molecule has 4 aliphatic carbocycles. The maximum absolute atomic E-state index is 13.7. The molecule has 0 amide bonds. The van der Waals surface area contributed by atoms with Crippen LogP contribution in [0.25, 0.3) is 0 Å². The second-order valence-electron chi connectivity index (χ2n) is 13.4. The van der Waals surface area contributed by atoms with Gasteiger partial charge in [0.15, 0.2) is 17.7 Å². The van der Waals surface area contributed by atoms with Crippen molar-refractivity contribution in [3.63, 3.8) is 0 Å². The third-order valence-electron chi connectivity index (χ3n) is 11.2. The highest BCUT2D eigenvalue weighted by Crippen LogP contribution is 2.70. The number of hydrogen-bond acceptors (Lipinski definition) is 7. The Labute approximate surface area is 247 Å². The van der Waals surface area contributed by atoms with Crippen molar-refractivity contribution in [2.24, 2.45) is 28.6 Å². The van der Waals surface area contributed by atoms with Crippen molar-refractivity contribution in [3.8, 4) is 0 Å². The summed E-state index contributed by atoms with van der Waals surface area (Å²) in [6.45, 7) is 7.83. The number of nitrogens with one attached hydrogen (secondary N) is 1. The van der Waals surface area contributed by atoms with Crippen molar-refractivity contribution in [2.75, 3.05) is 17.7 Å². The van der Waals surface area contributed by atoms with Crippen LogP contribution in [0.1, 0.15) is 51.4 Å². The molecule has 220 valence electrons. The van der Waals surface area contributed by atoms with Gasteiger partial charge in [-0.15, -0.1) is 0 Å². The van der Waals surface area contributed by atoms with E-state index in [1.165, 1.54) is 5.57 Å². The number of allylic oxidation sites excluding steroid dienone is 5. The van der Waals surface area contributed by atoms with Gasteiger partial charge in [0, 0.05) is 39.4 Å². The fraction of sp³-hybridized carbons (Fsp3) is 0.457. The molecule has 7 rings (SSSR count). The van der Waals surface area contributed by atoms with Crippen molar-refractivity contribution in [3.05, 3.63) is 90.0 Å². The summed E-state index contributed by atoms with van der Waals surface area (Å²) in [5, 5.41) is 25.4. The number of carbonyl (C=O) groups is 1. The lowest BCUT2D eigenvalue weighted by Crippen LogP contribution is -2.63. The number of Topliss-reactive ketones (excluding diaryl/α,β-unsaturated/α-hetero) is 1. The maximum Gasteiger partial charge on any atom is 0.193 e. The molecule has 0 radical (unpaired) electrons. The first-order chi connectivity index (χ1) is 20.1. The summed E-state index contributed by atoms with van der Waals surface area (Å²) in [6, 6.07) is 15.3. The molecule has 3 saturated carbocycles. The van der Waals surface area contributed by atoms with Gasteiger partial charge in [0.1, 0.15) is 6.61 Å². The van der Waals surface area contributed by atoms with Crippen molar-refractivity contribution >= 4 is 22.8 Å². The highest BCUT2D eigenvalue weighted by Gasteiger charge is 2.75. The first-order valence-corrected chi connectivity index (χ1v) is 15.1. The van der Waals surface area contributed by atoms with Crippen LogP contribution < -0.4 is 11.1 Å². The number of ketones is 1. The molecule has 5 N–H and O–H groups in total. The first kappa shape index (κ1) is 27.6. The highest BCUT2D eigenvalue weighted by molar-refractivity contribution is 5.91. The van der Waals surface area contributed by atoms with Gasteiger partial charge in [-0.25, -0.2) is 0 Å². The lowest BCUT2D eigenvalue weighted by Gasteiger charge is -2.59. The van der Waals surface area contributed by atoms with E-state index >= 15 is 0 Å². The van der Waals surface area contributed by atoms with Gasteiger partial charge in [-0.05, 0) is 73.4 Å². The molecule has 4 fully saturated rings. The van der Waals surface area contributed by atoms with Gasteiger partial charge < -0.3 is 30.7 Å². The van der Waals surface area contributed by atoms with Gasteiger partial charge in [0.25, 0.3) is 0 Å². The Morgan fingerprint density at radius 1 is 1.17 bits per heavy atom. The summed E-state index contributed by atoms with van der Waals surface area (Å²) < 4.78 is 13.3. The van der Waals surface area contributed by atoms with Crippen molar-refractivity contribution in [1.29, 1.82) is 0 Å². The van der Waals surface area contributed by atoms with E-state index in [4.69, 9.17) is 15.2 Å². The Kier molecular flexibility index (Phi) is 6.34. The molecule has 0 bridgehead atoms. The van der Waals surface area contributed by atoms with E-state index in [1.807, 2.05) is 48.5 Å². The normalized spacial score (nSPS) is 40.0. The average molecular weight is 569 g/mol. The second-order valence-corrected chi connectivity index (χ2v) is 13.4. The van der Waals surface area contributed by atoms with Crippen LogP contribution >= 0.6 is 0 Å². The van der Waals surface area contributed by atoms with Crippen LogP contribution in [0.15, 0.2) is 84.5 Å². The number of aliphatic hydroxyl groups is 2. The average Bonchev–Trinajstić information content (AvgIpc) is 3.46. The molecule has 0 spiro atoms. The standard InChI is InChI=1S/C35H40N2O5/c1-20-13-14-33(2)22(15-20)9-12-26-27-17-30-35(29(40)19-38,34(27,3)18-28(39)31(26)33)42-32(41-30)21-7-10-24(11-8-21)37-25-6-4-5-23(36)16-25/h4-8,10-11,13-16,26-28,30-32,37-39H,1,9,12,17-19,36H2,2-3H3/t26-,27-,28-,30+,31+,32+,33-,34-,35+/m0/s1. The Hall–Kier alpha value is -3.23. The summed E-state index contributed by atoms with van der Waals surface area (Å²) in [6.07, 6.45) is 7.56. The molecule has 5 aliphatic rings. The summed E-state index contributed by atoms with van der Waals surface area (Å²) in [5.74, 6) is 0.000888. The highest BCUT2D eigenvalue weighted by atomic mass is 16.7. The molecular formula is C35H40N2O5.